The molecule has 0 aliphatic heterocycles. The SMILES string of the molecule is CC(C)NCc1cc(S(=O)(=O)NCc2cccnc2)cs1. The summed E-state index contributed by atoms with van der Waals surface area (Å²) >= 11 is 1.45. The molecular formula is C14H19N3O2S2. The van der Waals surface area contributed by atoms with E-state index < -0.39 is 10.0 Å². The van der Waals surface area contributed by atoms with Crippen LogP contribution in [-0.4, -0.2) is 19.4 Å². The van der Waals surface area contributed by atoms with E-state index in [1.807, 2.05) is 6.07 Å². The van der Waals surface area contributed by atoms with Gasteiger partial charge < -0.3 is 5.32 Å². The van der Waals surface area contributed by atoms with Crippen LogP contribution in [0.3, 0.4) is 0 Å². The van der Waals surface area contributed by atoms with Crippen LogP contribution in [0.5, 0.6) is 0 Å². The summed E-state index contributed by atoms with van der Waals surface area (Å²) in [7, 11) is -3.47. The van der Waals surface area contributed by atoms with E-state index in [-0.39, 0.29) is 6.54 Å². The summed E-state index contributed by atoms with van der Waals surface area (Å²) < 4.78 is 27.0. The van der Waals surface area contributed by atoms with Crippen LogP contribution < -0.4 is 10.0 Å². The molecule has 0 fully saturated rings. The number of aromatic nitrogens is 1. The quantitative estimate of drug-likeness (QED) is 0.818. The predicted molar refractivity (Wildman–Crippen MR) is 84.6 cm³/mol. The first-order chi connectivity index (χ1) is 9.97. The fraction of sp³-hybridized carbons (Fsp3) is 0.357. The van der Waals surface area contributed by atoms with Crippen LogP contribution in [-0.2, 0) is 23.1 Å². The first-order valence-corrected chi connectivity index (χ1v) is 9.03. The molecule has 21 heavy (non-hydrogen) atoms. The minimum absolute atomic E-state index is 0.242. The third-order valence-corrected chi connectivity index (χ3v) is 5.28. The molecule has 7 heteroatoms. The lowest BCUT2D eigenvalue weighted by atomic mass is 10.3. The van der Waals surface area contributed by atoms with E-state index in [1.54, 1.807) is 29.9 Å². The molecule has 0 atom stereocenters. The molecule has 0 aliphatic carbocycles. The average Bonchev–Trinajstić information content (AvgIpc) is 2.94. The second-order valence-electron chi connectivity index (χ2n) is 4.97. The highest BCUT2D eigenvalue weighted by Gasteiger charge is 2.16. The number of nitrogens with one attached hydrogen (secondary N) is 2. The lowest BCUT2D eigenvalue weighted by Gasteiger charge is -2.06. The summed E-state index contributed by atoms with van der Waals surface area (Å²) in [4.78, 5) is 5.28. The maximum atomic E-state index is 12.2. The molecule has 0 aliphatic rings. The van der Waals surface area contributed by atoms with Crippen LogP contribution in [0.2, 0.25) is 0 Å². The molecule has 0 bridgehead atoms. The monoisotopic (exact) mass is 325 g/mol. The Morgan fingerprint density at radius 2 is 2.14 bits per heavy atom. The van der Waals surface area contributed by atoms with Crippen LogP contribution >= 0.6 is 11.3 Å². The summed E-state index contributed by atoms with van der Waals surface area (Å²) in [6.07, 6.45) is 3.30. The highest BCUT2D eigenvalue weighted by molar-refractivity contribution is 7.89. The molecule has 2 heterocycles. The fourth-order valence-electron chi connectivity index (χ4n) is 1.66. The summed E-state index contributed by atoms with van der Waals surface area (Å²) in [5, 5.41) is 4.94. The number of thiophene rings is 1. The van der Waals surface area contributed by atoms with Gasteiger partial charge in [-0.25, -0.2) is 13.1 Å². The first-order valence-electron chi connectivity index (χ1n) is 6.67. The van der Waals surface area contributed by atoms with Gasteiger partial charge in [0.2, 0.25) is 10.0 Å². The van der Waals surface area contributed by atoms with Gasteiger partial charge in [0.05, 0.1) is 4.90 Å². The van der Waals surface area contributed by atoms with Crippen LogP contribution in [0.1, 0.15) is 24.3 Å². The number of nitrogens with zero attached hydrogens (tertiary/aromatic N) is 1. The van der Waals surface area contributed by atoms with Gasteiger partial charge in [0.25, 0.3) is 0 Å². The number of hydrogen-bond acceptors (Lipinski definition) is 5. The lowest BCUT2D eigenvalue weighted by molar-refractivity contribution is 0.580. The van der Waals surface area contributed by atoms with E-state index in [0.717, 1.165) is 10.4 Å². The molecule has 5 nitrogen and oxygen atoms in total. The smallest absolute Gasteiger partial charge is 0.241 e. The molecule has 0 amide bonds. The zero-order chi connectivity index (χ0) is 15.3. The number of hydrogen-bond donors (Lipinski definition) is 2. The van der Waals surface area contributed by atoms with Crippen molar-refractivity contribution in [1.82, 2.24) is 15.0 Å². The van der Waals surface area contributed by atoms with Crippen molar-refractivity contribution in [3.05, 3.63) is 46.4 Å². The molecule has 114 valence electrons. The predicted octanol–water partition coefficient (Wildman–Crippen LogP) is 2.12. The highest BCUT2D eigenvalue weighted by Crippen LogP contribution is 2.19. The average molecular weight is 325 g/mol. The van der Waals surface area contributed by atoms with Crippen molar-refractivity contribution in [2.24, 2.45) is 0 Å². The van der Waals surface area contributed by atoms with Gasteiger partial charge in [-0.15, -0.1) is 11.3 Å². The molecule has 0 unspecified atom stereocenters. The molecule has 2 aromatic heterocycles. The Morgan fingerprint density at radius 3 is 2.81 bits per heavy atom. The Balaban J connectivity index is 1.99. The van der Waals surface area contributed by atoms with E-state index in [1.165, 1.54) is 11.3 Å². The Bertz CT molecular complexity index is 667. The molecular weight excluding hydrogens is 306 g/mol. The molecule has 2 aromatic rings. The molecule has 2 rings (SSSR count). The van der Waals surface area contributed by atoms with Crippen LogP contribution in [0.25, 0.3) is 0 Å². The minimum atomic E-state index is -3.47. The van der Waals surface area contributed by atoms with Crippen LogP contribution in [0.15, 0.2) is 40.9 Å². The van der Waals surface area contributed by atoms with Crippen molar-refractivity contribution in [2.75, 3.05) is 0 Å². The fourth-order valence-corrected chi connectivity index (χ4v) is 3.91. The van der Waals surface area contributed by atoms with Crippen LogP contribution in [0.4, 0.5) is 0 Å². The van der Waals surface area contributed by atoms with E-state index in [4.69, 9.17) is 0 Å². The third-order valence-electron chi connectivity index (χ3n) is 2.81. The van der Waals surface area contributed by atoms with E-state index in [0.29, 0.717) is 17.5 Å². The first kappa shape index (κ1) is 16.1. The molecule has 0 spiro atoms. The number of pyridine rings is 1. The minimum Gasteiger partial charge on any atom is -0.310 e. The molecule has 0 radical (unpaired) electrons. The van der Waals surface area contributed by atoms with Crippen LogP contribution in [0, 0.1) is 0 Å². The Labute approximate surface area is 129 Å². The zero-order valence-corrected chi connectivity index (χ0v) is 13.7. The maximum absolute atomic E-state index is 12.2. The second-order valence-corrected chi connectivity index (χ2v) is 7.73. The van der Waals surface area contributed by atoms with Crippen molar-refractivity contribution < 1.29 is 8.42 Å². The van der Waals surface area contributed by atoms with E-state index in [9.17, 15) is 8.42 Å². The van der Waals surface area contributed by atoms with Gasteiger partial charge in [-0.1, -0.05) is 19.9 Å². The summed E-state index contributed by atoms with van der Waals surface area (Å²) in [6, 6.07) is 5.70. The normalized spacial score (nSPS) is 12.0. The second kappa shape index (κ2) is 7.13. The van der Waals surface area contributed by atoms with Crippen molar-refractivity contribution in [3.8, 4) is 0 Å². The Kier molecular flexibility index (Phi) is 5.46. The zero-order valence-electron chi connectivity index (χ0n) is 12.0. The van der Waals surface area contributed by atoms with Gasteiger partial charge in [-0.3, -0.25) is 4.98 Å². The largest absolute Gasteiger partial charge is 0.310 e. The molecule has 0 aromatic carbocycles. The molecule has 2 N–H and O–H groups in total. The van der Waals surface area contributed by atoms with Gasteiger partial charge in [0, 0.05) is 41.8 Å². The summed E-state index contributed by atoms with van der Waals surface area (Å²) in [6.45, 7) is 5.04. The number of sulfonamides is 1. The van der Waals surface area contributed by atoms with Gasteiger partial charge in [-0.2, -0.15) is 0 Å². The van der Waals surface area contributed by atoms with Crippen molar-refractivity contribution >= 4 is 21.4 Å². The van der Waals surface area contributed by atoms with Gasteiger partial charge in [0.15, 0.2) is 0 Å². The highest BCUT2D eigenvalue weighted by atomic mass is 32.2. The lowest BCUT2D eigenvalue weighted by Crippen LogP contribution is -2.23. The van der Waals surface area contributed by atoms with Gasteiger partial charge >= 0.3 is 0 Å². The van der Waals surface area contributed by atoms with Crippen molar-refractivity contribution in [2.45, 2.75) is 37.9 Å². The summed E-state index contributed by atoms with van der Waals surface area (Å²) in [5.41, 5.74) is 0.831. The topological polar surface area (TPSA) is 71.1 Å². The standard InChI is InChI=1S/C14H19N3O2S2/c1-11(2)16-9-13-6-14(10-20-13)21(18,19)17-8-12-4-3-5-15-7-12/h3-7,10-11,16-17H,8-9H2,1-2H3. The molecule has 0 saturated heterocycles. The maximum Gasteiger partial charge on any atom is 0.241 e. The van der Waals surface area contributed by atoms with Crippen molar-refractivity contribution in [1.29, 1.82) is 0 Å². The number of rotatable bonds is 7. The molecule has 0 saturated carbocycles. The van der Waals surface area contributed by atoms with E-state index >= 15 is 0 Å². The Hall–Kier alpha value is -1.28. The van der Waals surface area contributed by atoms with Gasteiger partial charge in [-0.05, 0) is 17.7 Å². The van der Waals surface area contributed by atoms with Crippen molar-refractivity contribution in [3.63, 3.8) is 0 Å². The summed E-state index contributed by atoms with van der Waals surface area (Å²) in [5.74, 6) is 0. The Morgan fingerprint density at radius 1 is 1.33 bits per heavy atom. The third kappa shape index (κ3) is 4.89. The van der Waals surface area contributed by atoms with E-state index in [2.05, 4.69) is 28.9 Å². The van der Waals surface area contributed by atoms with Gasteiger partial charge in [0.1, 0.15) is 0 Å².